The minimum atomic E-state index is -0.865. The number of aliphatic hydroxyl groups is 1. The number of carbonyl (C=O) groups excluding carboxylic acids is 3. The smallest absolute Gasteiger partial charge is 0.410 e. The number of nitrogens with zero attached hydrogens (tertiary/aromatic N) is 3. The molecule has 0 unspecified atom stereocenters. The molecule has 1 fully saturated rings. The molecule has 1 saturated heterocycles. The van der Waals surface area contributed by atoms with Crippen molar-refractivity contribution in [1.29, 1.82) is 0 Å². The van der Waals surface area contributed by atoms with Crippen molar-refractivity contribution in [2.75, 3.05) is 63.2 Å². The highest BCUT2D eigenvalue weighted by Gasteiger charge is 2.35. The van der Waals surface area contributed by atoms with E-state index in [1.165, 1.54) is 14.7 Å². The maximum Gasteiger partial charge on any atom is 0.410 e. The number of carbonyl (C=O) groups is 3. The van der Waals surface area contributed by atoms with Gasteiger partial charge in [-0.05, 0) is 32.9 Å². The lowest BCUT2D eigenvalue weighted by Gasteiger charge is -2.37. The molecule has 0 atom stereocenters. The van der Waals surface area contributed by atoms with Crippen LogP contribution in [0.3, 0.4) is 0 Å². The molecule has 2 heterocycles. The van der Waals surface area contributed by atoms with E-state index in [0.29, 0.717) is 0 Å². The van der Waals surface area contributed by atoms with Gasteiger partial charge < -0.3 is 34.6 Å². The van der Waals surface area contributed by atoms with E-state index in [1.807, 2.05) is 0 Å². The number of hydrogen-bond donors (Lipinski definition) is 2. The highest BCUT2D eigenvalue weighted by Crippen LogP contribution is 2.30. The summed E-state index contributed by atoms with van der Waals surface area (Å²) in [6, 6.07) is 2.06. The van der Waals surface area contributed by atoms with Crippen LogP contribution in [0, 0.1) is 11.6 Å². The first-order valence-electron chi connectivity index (χ1n) is 11.2. The Morgan fingerprint density at radius 2 is 1.71 bits per heavy atom. The third kappa shape index (κ3) is 5.99. The van der Waals surface area contributed by atoms with Gasteiger partial charge in [0, 0.05) is 38.4 Å². The number of rotatable bonds is 6. The van der Waals surface area contributed by atoms with Crippen molar-refractivity contribution in [3.8, 4) is 0 Å². The number of ether oxygens (including phenoxy) is 2. The summed E-state index contributed by atoms with van der Waals surface area (Å²) < 4.78 is 40.0. The number of methoxy groups -OCH3 is 1. The molecule has 35 heavy (non-hydrogen) atoms. The molecule has 1 aromatic rings. The second kappa shape index (κ2) is 10.5. The van der Waals surface area contributed by atoms with Crippen molar-refractivity contribution in [2.45, 2.75) is 26.4 Å². The Morgan fingerprint density at radius 1 is 1.11 bits per heavy atom. The van der Waals surface area contributed by atoms with E-state index in [0.717, 1.165) is 19.2 Å². The summed E-state index contributed by atoms with van der Waals surface area (Å²) in [6.45, 7) is 5.72. The molecule has 10 nitrogen and oxygen atoms in total. The zero-order valence-corrected chi connectivity index (χ0v) is 20.2. The fraction of sp³-hybridized carbons (Fsp3) is 0.522. The van der Waals surface area contributed by atoms with Gasteiger partial charge in [0.05, 0.1) is 25.8 Å². The SMILES string of the molecule is COC(=O)C1=C(Nc2cc(F)c(N3CCN(C(=O)OC(C)(C)C)CC3)c(F)c2)C(=O)N(CCO)C1. The van der Waals surface area contributed by atoms with Crippen LogP contribution in [0.5, 0.6) is 0 Å². The Labute approximate surface area is 202 Å². The predicted molar refractivity (Wildman–Crippen MR) is 123 cm³/mol. The lowest BCUT2D eigenvalue weighted by Crippen LogP contribution is -2.50. The molecule has 2 aliphatic rings. The van der Waals surface area contributed by atoms with Crippen molar-refractivity contribution in [3.63, 3.8) is 0 Å². The van der Waals surface area contributed by atoms with E-state index in [2.05, 4.69) is 5.32 Å². The van der Waals surface area contributed by atoms with Crippen LogP contribution >= 0.6 is 0 Å². The highest BCUT2D eigenvalue weighted by molar-refractivity contribution is 6.08. The van der Waals surface area contributed by atoms with Crippen LogP contribution in [-0.2, 0) is 19.1 Å². The molecule has 0 bridgehead atoms. The normalized spacial score (nSPS) is 16.7. The number of esters is 1. The molecule has 0 aromatic heterocycles. The molecule has 1 aromatic carbocycles. The molecule has 0 saturated carbocycles. The van der Waals surface area contributed by atoms with Crippen LogP contribution in [0.4, 0.5) is 25.0 Å². The van der Waals surface area contributed by atoms with Gasteiger partial charge in [0.25, 0.3) is 5.91 Å². The summed E-state index contributed by atoms with van der Waals surface area (Å²) >= 11 is 0. The molecule has 2 aliphatic heterocycles. The zero-order chi connectivity index (χ0) is 25.9. The van der Waals surface area contributed by atoms with Crippen molar-refractivity contribution >= 4 is 29.3 Å². The van der Waals surface area contributed by atoms with Crippen LogP contribution in [-0.4, -0.2) is 91.5 Å². The van der Waals surface area contributed by atoms with Gasteiger partial charge in [-0.3, -0.25) is 4.79 Å². The first kappa shape index (κ1) is 26.2. The minimum Gasteiger partial charge on any atom is -0.466 e. The molecular formula is C23H30F2N4O6. The Morgan fingerprint density at radius 3 is 2.23 bits per heavy atom. The fourth-order valence-corrected chi connectivity index (χ4v) is 3.87. The van der Waals surface area contributed by atoms with E-state index in [4.69, 9.17) is 14.6 Å². The minimum absolute atomic E-state index is 0.00546. The third-order valence-corrected chi connectivity index (χ3v) is 5.49. The number of hydrogen-bond acceptors (Lipinski definition) is 8. The van der Waals surface area contributed by atoms with E-state index in [9.17, 15) is 14.4 Å². The largest absolute Gasteiger partial charge is 0.466 e. The molecule has 3 rings (SSSR count). The van der Waals surface area contributed by atoms with Gasteiger partial charge in [-0.15, -0.1) is 0 Å². The number of halogens is 2. The lowest BCUT2D eigenvalue weighted by atomic mass is 10.2. The molecule has 2 N–H and O–H groups in total. The maximum absolute atomic E-state index is 15.0. The summed E-state index contributed by atoms with van der Waals surface area (Å²) in [6.07, 6.45) is -0.483. The Balaban J connectivity index is 1.75. The number of piperazine rings is 1. The summed E-state index contributed by atoms with van der Waals surface area (Å²) in [4.78, 5) is 41.2. The van der Waals surface area contributed by atoms with Crippen LogP contribution in [0.25, 0.3) is 0 Å². The fourth-order valence-electron chi connectivity index (χ4n) is 3.87. The average Bonchev–Trinajstić information content (AvgIpc) is 3.07. The predicted octanol–water partition coefficient (Wildman–Crippen LogP) is 1.70. The van der Waals surface area contributed by atoms with E-state index >= 15 is 8.78 Å². The summed E-state index contributed by atoms with van der Waals surface area (Å²) in [5.41, 5.74) is -1.13. The summed E-state index contributed by atoms with van der Waals surface area (Å²) in [7, 11) is 1.16. The number of benzene rings is 1. The zero-order valence-electron chi connectivity index (χ0n) is 20.2. The Kier molecular flexibility index (Phi) is 7.83. The topological polar surface area (TPSA) is 112 Å². The number of nitrogens with one attached hydrogen (secondary N) is 1. The number of amides is 2. The monoisotopic (exact) mass is 496 g/mol. The molecule has 0 radical (unpaired) electrons. The van der Waals surface area contributed by atoms with Crippen molar-refractivity contribution in [3.05, 3.63) is 35.0 Å². The van der Waals surface area contributed by atoms with Crippen LogP contribution in [0.1, 0.15) is 20.8 Å². The van der Waals surface area contributed by atoms with Gasteiger partial charge in [-0.1, -0.05) is 0 Å². The highest BCUT2D eigenvalue weighted by atomic mass is 19.1. The first-order valence-corrected chi connectivity index (χ1v) is 11.2. The van der Waals surface area contributed by atoms with Crippen molar-refractivity contribution < 1.29 is 37.7 Å². The molecule has 2 amide bonds. The second-order valence-electron chi connectivity index (χ2n) is 9.16. The third-order valence-electron chi connectivity index (χ3n) is 5.49. The van der Waals surface area contributed by atoms with Gasteiger partial charge in [0.15, 0.2) is 11.6 Å². The van der Waals surface area contributed by atoms with Gasteiger partial charge in [0.1, 0.15) is 17.0 Å². The van der Waals surface area contributed by atoms with Crippen molar-refractivity contribution in [2.24, 2.45) is 0 Å². The Hall–Kier alpha value is -3.41. The standard InChI is InChI=1S/C23H30F2N4O6/c1-23(2,3)35-22(33)28-7-5-27(6-8-28)19-16(24)11-14(12-17(19)25)26-18-15(21(32)34-4)13-29(9-10-30)20(18)31/h11-12,26,30H,5-10,13H2,1-4H3. The van der Waals surface area contributed by atoms with Gasteiger partial charge in [-0.25, -0.2) is 18.4 Å². The molecule has 0 aliphatic carbocycles. The maximum atomic E-state index is 15.0. The first-order chi connectivity index (χ1) is 16.4. The molecule has 0 spiro atoms. The quantitative estimate of drug-likeness (QED) is 0.573. The van der Waals surface area contributed by atoms with E-state index in [-0.39, 0.29) is 68.5 Å². The van der Waals surface area contributed by atoms with Crippen LogP contribution in [0.2, 0.25) is 0 Å². The lowest BCUT2D eigenvalue weighted by molar-refractivity contribution is -0.136. The number of β-amino-alcohol motifs (C(OH)–C–C–N with tert-alkyl or cyclic N) is 1. The number of aliphatic hydroxyl groups excluding tert-OH is 1. The van der Waals surface area contributed by atoms with Gasteiger partial charge in [0.2, 0.25) is 0 Å². The summed E-state index contributed by atoms with van der Waals surface area (Å²) in [5.74, 6) is -3.09. The van der Waals surface area contributed by atoms with Crippen LogP contribution < -0.4 is 10.2 Å². The second-order valence-corrected chi connectivity index (χ2v) is 9.16. The average molecular weight is 497 g/mol. The number of anilines is 2. The van der Waals surface area contributed by atoms with Gasteiger partial charge >= 0.3 is 12.1 Å². The molecule has 12 heteroatoms. The van der Waals surface area contributed by atoms with Gasteiger partial charge in [-0.2, -0.15) is 0 Å². The van der Waals surface area contributed by atoms with Crippen molar-refractivity contribution in [1.82, 2.24) is 9.80 Å². The van der Waals surface area contributed by atoms with E-state index in [1.54, 1.807) is 20.8 Å². The molecular weight excluding hydrogens is 466 g/mol. The Bertz CT molecular complexity index is 1010. The molecule has 192 valence electrons. The summed E-state index contributed by atoms with van der Waals surface area (Å²) in [5, 5.41) is 11.8. The van der Waals surface area contributed by atoms with E-state index < -0.39 is 35.2 Å². The van der Waals surface area contributed by atoms with Crippen LogP contribution in [0.15, 0.2) is 23.4 Å².